The first kappa shape index (κ1) is 18.4. The van der Waals surface area contributed by atoms with E-state index in [-0.39, 0.29) is 5.82 Å². The van der Waals surface area contributed by atoms with Gasteiger partial charge in [-0.25, -0.2) is 9.38 Å². The zero-order valence-electron chi connectivity index (χ0n) is 14.2. The number of nitrogens with zero attached hydrogens (tertiary/aromatic N) is 1. The molecule has 0 saturated heterocycles. The summed E-state index contributed by atoms with van der Waals surface area (Å²) in [4.78, 5) is 5.70. The summed E-state index contributed by atoms with van der Waals surface area (Å²) in [6.07, 6.45) is 1.93. The molecular formula is C22H17ClFNS. The monoisotopic (exact) mass is 381 g/mol. The van der Waals surface area contributed by atoms with Crippen LogP contribution in [0.4, 0.5) is 10.1 Å². The molecular weight excluding hydrogens is 365 g/mol. The first-order chi connectivity index (χ1) is 12.6. The molecule has 0 bridgehead atoms. The number of halogens is 2. The molecule has 0 radical (unpaired) electrons. The Morgan fingerprint density at radius 1 is 0.962 bits per heavy atom. The summed E-state index contributed by atoms with van der Waals surface area (Å²) in [6, 6.07) is 22.0. The van der Waals surface area contributed by atoms with Gasteiger partial charge in [-0.05, 0) is 60.9 Å². The van der Waals surface area contributed by atoms with Crippen molar-refractivity contribution in [1.82, 2.24) is 0 Å². The van der Waals surface area contributed by atoms with Gasteiger partial charge in [0.1, 0.15) is 5.82 Å². The molecule has 0 atom stereocenters. The molecule has 0 unspecified atom stereocenters. The molecule has 0 aliphatic heterocycles. The number of aryl methyl sites for hydroxylation is 1. The van der Waals surface area contributed by atoms with Crippen LogP contribution in [0, 0.1) is 12.7 Å². The fraction of sp³-hybridized carbons (Fsp3) is 0.0455. The Morgan fingerprint density at radius 2 is 1.65 bits per heavy atom. The third kappa shape index (κ3) is 5.07. The van der Waals surface area contributed by atoms with Crippen LogP contribution in [0.2, 0.25) is 5.02 Å². The lowest BCUT2D eigenvalue weighted by atomic mass is 10.1. The van der Waals surface area contributed by atoms with Gasteiger partial charge in [0.25, 0.3) is 0 Å². The van der Waals surface area contributed by atoms with Gasteiger partial charge in [-0.3, -0.25) is 0 Å². The molecule has 0 N–H and O–H groups in total. The SMILES string of the molecule is Cc1ccc(N=C(C=CSc2ccc(F)cc2)c2ccccc2Cl)cc1. The van der Waals surface area contributed by atoms with Gasteiger partial charge < -0.3 is 0 Å². The fourth-order valence-electron chi connectivity index (χ4n) is 2.30. The molecule has 26 heavy (non-hydrogen) atoms. The van der Waals surface area contributed by atoms with Crippen LogP contribution in [0.5, 0.6) is 0 Å². The largest absolute Gasteiger partial charge is 0.248 e. The second-order valence-electron chi connectivity index (χ2n) is 5.69. The van der Waals surface area contributed by atoms with Gasteiger partial charge in [0.2, 0.25) is 0 Å². The second kappa shape index (κ2) is 8.84. The maximum absolute atomic E-state index is 13.0. The quantitative estimate of drug-likeness (QED) is 0.336. The molecule has 0 aliphatic carbocycles. The van der Waals surface area contributed by atoms with E-state index in [0.717, 1.165) is 21.9 Å². The van der Waals surface area contributed by atoms with Gasteiger partial charge >= 0.3 is 0 Å². The van der Waals surface area contributed by atoms with Crippen molar-refractivity contribution in [3.8, 4) is 0 Å². The molecule has 0 aliphatic rings. The second-order valence-corrected chi connectivity index (χ2v) is 7.07. The molecule has 0 saturated carbocycles. The van der Waals surface area contributed by atoms with Gasteiger partial charge in [-0.1, -0.05) is 59.3 Å². The van der Waals surface area contributed by atoms with Gasteiger partial charge in [0.05, 0.1) is 11.4 Å². The summed E-state index contributed by atoms with van der Waals surface area (Å²) in [5, 5.41) is 2.58. The van der Waals surface area contributed by atoms with E-state index in [9.17, 15) is 4.39 Å². The minimum atomic E-state index is -0.240. The third-order valence-electron chi connectivity index (χ3n) is 3.68. The number of allylic oxidation sites excluding steroid dienone is 1. The average Bonchev–Trinajstić information content (AvgIpc) is 2.65. The third-order valence-corrected chi connectivity index (χ3v) is 4.82. The topological polar surface area (TPSA) is 12.4 Å². The molecule has 130 valence electrons. The number of hydrogen-bond acceptors (Lipinski definition) is 2. The van der Waals surface area contributed by atoms with E-state index in [1.54, 1.807) is 12.1 Å². The highest BCUT2D eigenvalue weighted by atomic mass is 35.5. The molecule has 0 aromatic heterocycles. The van der Waals surface area contributed by atoms with E-state index < -0.39 is 0 Å². The van der Waals surface area contributed by atoms with Gasteiger partial charge in [0, 0.05) is 15.5 Å². The van der Waals surface area contributed by atoms with Crippen LogP contribution in [0.25, 0.3) is 0 Å². The lowest BCUT2D eigenvalue weighted by Crippen LogP contribution is -1.97. The Labute approximate surface area is 162 Å². The van der Waals surface area contributed by atoms with Crippen LogP contribution in [-0.4, -0.2) is 5.71 Å². The molecule has 1 nitrogen and oxygen atoms in total. The number of thioether (sulfide) groups is 1. The molecule has 3 rings (SSSR count). The lowest BCUT2D eigenvalue weighted by Gasteiger charge is -2.05. The maximum atomic E-state index is 13.0. The predicted octanol–water partition coefficient (Wildman–Crippen LogP) is 7.21. The smallest absolute Gasteiger partial charge is 0.123 e. The first-order valence-corrected chi connectivity index (χ1v) is 9.36. The van der Waals surface area contributed by atoms with E-state index in [2.05, 4.69) is 0 Å². The zero-order valence-corrected chi connectivity index (χ0v) is 15.8. The van der Waals surface area contributed by atoms with E-state index in [0.29, 0.717) is 5.02 Å². The summed E-state index contributed by atoms with van der Waals surface area (Å²) in [6.45, 7) is 2.04. The Morgan fingerprint density at radius 3 is 2.35 bits per heavy atom. The van der Waals surface area contributed by atoms with Gasteiger partial charge in [0.15, 0.2) is 0 Å². The standard InChI is InChI=1S/C22H17ClFNS/c1-16-6-10-18(11-7-16)25-22(20-4-2-3-5-21(20)23)14-15-26-19-12-8-17(24)9-13-19/h2-15H,1H3. The molecule has 0 spiro atoms. The van der Waals surface area contributed by atoms with E-state index >= 15 is 0 Å². The molecule has 4 heteroatoms. The Kier molecular flexibility index (Phi) is 6.26. The minimum absolute atomic E-state index is 0.240. The summed E-state index contributed by atoms with van der Waals surface area (Å²) in [5.74, 6) is -0.240. The number of hydrogen-bond donors (Lipinski definition) is 0. The molecule has 0 amide bonds. The number of rotatable bonds is 5. The van der Waals surface area contributed by atoms with Crippen molar-refractivity contribution in [3.63, 3.8) is 0 Å². The molecule has 0 fully saturated rings. The highest BCUT2D eigenvalue weighted by molar-refractivity contribution is 8.02. The van der Waals surface area contributed by atoms with Crippen LogP contribution in [-0.2, 0) is 0 Å². The van der Waals surface area contributed by atoms with Crippen molar-refractivity contribution in [3.05, 3.63) is 106 Å². The van der Waals surface area contributed by atoms with Crippen molar-refractivity contribution in [2.75, 3.05) is 0 Å². The number of benzene rings is 3. The Balaban J connectivity index is 1.90. The number of aliphatic imine (C=N–C) groups is 1. The normalized spacial score (nSPS) is 11.9. The van der Waals surface area contributed by atoms with Crippen LogP contribution >= 0.6 is 23.4 Å². The van der Waals surface area contributed by atoms with Crippen molar-refractivity contribution in [1.29, 1.82) is 0 Å². The minimum Gasteiger partial charge on any atom is -0.248 e. The van der Waals surface area contributed by atoms with E-state index in [1.165, 1.54) is 29.5 Å². The highest BCUT2D eigenvalue weighted by Gasteiger charge is 2.05. The lowest BCUT2D eigenvalue weighted by molar-refractivity contribution is 0.626. The summed E-state index contributed by atoms with van der Waals surface area (Å²) >= 11 is 7.86. The van der Waals surface area contributed by atoms with Gasteiger partial charge in [-0.2, -0.15) is 0 Å². The molecule has 3 aromatic rings. The maximum Gasteiger partial charge on any atom is 0.123 e. The summed E-state index contributed by atoms with van der Waals surface area (Å²) < 4.78 is 13.0. The van der Waals surface area contributed by atoms with Crippen LogP contribution < -0.4 is 0 Å². The molecule has 3 aromatic carbocycles. The van der Waals surface area contributed by atoms with E-state index in [1.807, 2.05) is 66.9 Å². The summed E-state index contributed by atoms with van der Waals surface area (Å²) in [5.41, 5.74) is 3.69. The van der Waals surface area contributed by atoms with Gasteiger partial charge in [-0.15, -0.1) is 0 Å². The van der Waals surface area contributed by atoms with Crippen molar-refractivity contribution in [2.45, 2.75) is 11.8 Å². The van der Waals surface area contributed by atoms with E-state index in [4.69, 9.17) is 16.6 Å². The van der Waals surface area contributed by atoms with Crippen molar-refractivity contribution < 1.29 is 4.39 Å². The fourth-order valence-corrected chi connectivity index (χ4v) is 3.18. The van der Waals surface area contributed by atoms with Crippen LogP contribution in [0.15, 0.2) is 94.2 Å². The predicted molar refractivity (Wildman–Crippen MR) is 110 cm³/mol. The first-order valence-electron chi connectivity index (χ1n) is 8.11. The van der Waals surface area contributed by atoms with Crippen LogP contribution in [0.1, 0.15) is 11.1 Å². The van der Waals surface area contributed by atoms with Crippen LogP contribution in [0.3, 0.4) is 0 Å². The zero-order chi connectivity index (χ0) is 18.4. The Hall–Kier alpha value is -2.36. The molecule has 0 heterocycles. The van der Waals surface area contributed by atoms with Crippen molar-refractivity contribution >= 4 is 34.8 Å². The summed E-state index contributed by atoms with van der Waals surface area (Å²) in [7, 11) is 0. The van der Waals surface area contributed by atoms with Crippen molar-refractivity contribution in [2.24, 2.45) is 4.99 Å². The average molecular weight is 382 g/mol. The Bertz CT molecular complexity index is 931. The highest BCUT2D eigenvalue weighted by Crippen LogP contribution is 2.23.